The second-order valence-electron chi connectivity index (χ2n) is 6.04. The van der Waals surface area contributed by atoms with Crippen LogP contribution in [0.25, 0.3) is 0 Å². The third-order valence-electron chi connectivity index (χ3n) is 2.38. The van der Waals surface area contributed by atoms with E-state index in [1.807, 2.05) is 18.3 Å². The number of rotatable bonds is 6. The maximum atomic E-state index is 4.52. The lowest BCUT2D eigenvalue weighted by atomic mass is 10.1. The van der Waals surface area contributed by atoms with Crippen LogP contribution in [0.2, 0.25) is 0 Å². The molecule has 1 aromatic carbocycles. The summed E-state index contributed by atoms with van der Waals surface area (Å²) in [6.45, 7) is 9.79. The van der Waals surface area contributed by atoms with Gasteiger partial charge >= 0.3 is 0 Å². The van der Waals surface area contributed by atoms with Crippen molar-refractivity contribution < 1.29 is 0 Å². The Morgan fingerprint density at radius 2 is 1.74 bits per heavy atom. The number of para-hydroxylation sites is 1. The number of nitrogens with zero attached hydrogens (tertiary/aromatic N) is 1. The number of benzene rings is 1. The van der Waals surface area contributed by atoms with E-state index in [9.17, 15) is 0 Å². The summed E-state index contributed by atoms with van der Waals surface area (Å²) < 4.78 is -0.122. The molecule has 4 heteroatoms. The Hall–Kier alpha value is -0.610. The predicted octanol–water partition coefficient (Wildman–Crippen LogP) is 3.93. The van der Waals surface area contributed by atoms with Gasteiger partial charge in [0, 0.05) is 33.5 Å². The Morgan fingerprint density at radius 3 is 2.32 bits per heavy atom. The topological polar surface area (TPSA) is 24.4 Å². The molecule has 0 aliphatic heterocycles. The second-order valence-corrected chi connectivity index (χ2v) is 8.46. The average molecular weight is 297 g/mol. The van der Waals surface area contributed by atoms with E-state index in [2.05, 4.69) is 75.4 Å². The van der Waals surface area contributed by atoms with Crippen molar-refractivity contribution >= 4 is 37.2 Å². The highest BCUT2D eigenvalue weighted by molar-refractivity contribution is 7.82. The Morgan fingerprint density at radius 1 is 1.11 bits per heavy atom. The Labute approximate surface area is 127 Å². The molecule has 0 fully saturated rings. The first-order valence-corrected chi connectivity index (χ1v) is 7.34. The van der Waals surface area contributed by atoms with Gasteiger partial charge in [0.25, 0.3) is 0 Å². The third-order valence-corrected chi connectivity index (χ3v) is 2.68. The molecule has 1 N–H and O–H groups in total. The average Bonchev–Trinajstić information content (AvgIpc) is 2.25. The fourth-order valence-electron chi connectivity index (χ4n) is 1.45. The molecule has 0 heterocycles. The Kier molecular flexibility index (Phi) is 5.81. The minimum absolute atomic E-state index is 0.0443. The molecule has 0 saturated carbocycles. The molecule has 0 amide bonds. The number of hydrogen-bond acceptors (Lipinski definition) is 4. The van der Waals surface area contributed by atoms with Crippen molar-refractivity contribution in [2.75, 3.05) is 18.4 Å². The van der Waals surface area contributed by atoms with Crippen molar-refractivity contribution in [3.8, 4) is 0 Å². The SMILES string of the molecule is CC(C)(S)CN=Cc1ccccc1NCC(C)(C)S. The van der Waals surface area contributed by atoms with E-state index in [0.717, 1.165) is 17.8 Å². The van der Waals surface area contributed by atoms with Gasteiger partial charge in [0.05, 0.1) is 6.54 Å². The van der Waals surface area contributed by atoms with Gasteiger partial charge in [0.1, 0.15) is 0 Å². The van der Waals surface area contributed by atoms with Crippen LogP contribution in [0.5, 0.6) is 0 Å². The van der Waals surface area contributed by atoms with Gasteiger partial charge in [0.2, 0.25) is 0 Å². The lowest BCUT2D eigenvalue weighted by molar-refractivity contribution is 0.733. The van der Waals surface area contributed by atoms with Gasteiger partial charge in [-0.1, -0.05) is 18.2 Å². The van der Waals surface area contributed by atoms with Crippen molar-refractivity contribution in [3.05, 3.63) is 29.8 Å². The number of nitrogens with one attached hydrogen (secondary N) is 1. The maximum absolute atomic E-state index is 4.52. The second kappa shape index (κ2) is 6.71. The first kappa shape index (κ1) is 16.4. The normalized spacial score (nSPS) is 12.9. The van der Waals surface area contributed by atoms with Gasteiger partial charge in [-0.15, -0.1) is 0 Å². The highest BCUT2D eigenvalue weighted by Crippen LogP contribution is 2.18. The van der Waals surface area contributed by atoms with E-state index in [0.29, 0.717) is 6.54 Å². The fraction of sp³-hybridized carbons (Fsp3) is 0.533. The molecule has 0 radical (unpaired) electrons. The molecular formula is C15H24N2S2. The molecule has 106 valence electrons. The third kappa shape index (κ3) is 7.53. The van der Waals surface area contributed by atoms with Crippen LogP contribution in [-0.4, -0.2) is 28.8 Å². The molecule has 0 spiro atoms. The van der Waals surface area contributed by atoms with Crippen LogP contribution in [0.1, 0.15) is 33.3 Å². The van der Waals surface area contributed by atoms with Gasteiger partial charge in [-0.3, -0.25) is 4.99 Å². The highest BCUT2D eigenvalue weighted by Gasteiger charge is 2.12. The molecule has 0 aliphatic rings. The molecule has 0 atom stereocenters. The van der Waals surface area contributed by atoms with Crippen molar-refractivity contribution in [3.63, 3.8) is 0 Å². The Bertz CT molecular complexity index is 429. The van der Waals surface area contributed by atoms with Crippen molar-refractivity contribution in [1.29, 1.82) is 0 Å². The largest absolute Gasteiger partial charge is 0.383 e. The lowest BCUT2D eigenvalue weighted by Crippen LogP contribution is -2.23. The van der Waals surface area contributed by atoms with Gasteiger partial charge in [-0.2, -0.15) is 25.3 Å². The van der Waals surface area contributed by atoms with Crippen LogP contribution in [0.15, 0.2) is 29.3 Å². The highest BCUT2D eigenvalue weighted by atomic mass is 32.1. The van der Waals surface area contributed by atoms with Crippen LogP contribution < -0.4 is 5.32 Å². The minimum atomic E-state index is -0.0774. The van der Waals surface area contributed by atoms with E-state index in [-0.39, 0.29) is 9.49 Å². The summed E-state index contributed by atoms with van der Waals surface area (Å²) in [4.78, 5) is 4.46. The number of thiol groups is 2. The van der Waals surface area contributed by atoms with E-state index in [1.54, 1.807) is 0 Å². The molecular weight excluding hydrogens is 272 g/mol. The first-order valence-electron chi connectivity index (χ1n) is 6.45. The van der Waals surface area contributed by atoms with Crippen molar-refractivity contribution in [2.45, 2.75) is 37.2 Å². The zero-order valence-corrected chi connectivity index (χ0v) is 13.9. The molecule has 0 aromatic heterocycles. The molecule has 2 nitrogen and oxygen atoms in total. The van der Waals surface area contributed by atoms with E-state index in [4.69, 9.17) is 0 Å². The number of hydrogen-bond donors (Lipinski definition) is 3. The van der Waals surface area contributed by atoms with Gasteiger partial charge in [-0.05, 0) is 33.8 Å². The Balaban J connectivity index is 2.73. The van der Waals surface area contributed by atoms with Crippen molar-refractivity contribution in [2.24, 2.45) is 4.99 Å². The van der Waals surface area contributed by atoms with E-state index in [1.165, 1.54) is 0 Å². The van der Waals surface area contributed by atoms with Crippen LogP contribution in [0.3, 0.4) is 0 Å². The first-order chi connectivity index (χ1) is 8.67. The summed E-state index contributed by atoms with van der Waals surface area (Å²) in [5.41, 5.74) is 2.18. The minimum Gasteiger partial charge on any atom is -0.383 e. The summed E-state index contributed by atoms with van der Waals surface area (Å²) in [5.74, 6) is 0. The molecule has 19 heavy (non-hydrogen) atoms. The summed E-state index contributed by atoms with van der Waals surface area (Å²) >= 11 is 8.99. The van der Waals surface area contributed by atoms with Crippen LogP contribution in [0.4, 0.5) is 5.69 Å². The zero-order chi connectivity index (χ0) is 14.5. The van der Waals surface area contributed by atoms with Gasteiger partial charge < -0.3 is 5.32 Å². The van der Waals surface area contributed by atoms with Crippen LogP contribution >= 0.6 is 25.3 Å². The molecule has 0 saturated heterocycles. The fourth-order valence-corrected chi connectivity index (χ4v) is 1.61. The quantitative estimate of drug-likeness (QED) is 0.538. The molecule has 0 aliphatic carbocycles. The van der Waals surface area contributed by atoms with Crippen molar-refractivity contribution in [1.82, 2.24) is 0 Å². The van der Waals surface area contributed by atoms with Crippen LogP contribution in [-0.2, 0) is 0 Å². The monoisotopic (exact) mass is 296 g/mol. The summed E-state index contributed by atoms with van der Waals surface area (Å²) in [6.07, 6.45) is 1.91. The zero-order valence-electron chi connectivity index (χ0n) is 12.1. The van der Waals surface area contributed by atoms with Gasteiger partial charge in [-0.25, -0.2) is 0 Å². The smallest absolute Gasteiger partial charge is 0.0528 e. The molecule has 0 bridgehead atoms. The molecule has 1 aromatic rings. The summed E-state index contributed by atoms with van der Waals surface area (Å²) in [5, 5.41) is 3.41. The number of aliphatic imine (C=N–C) groups is 1. The van der Waals surface area contributed by atoms with Crippen LogP contribution in [0, 0.1) is 0 Å². The molecule has 0 unspecified atom stereocenters. The number of anilines is 1. The molecule has 1 rings (SSSR count). The summed E-state index contributed by atoms with van der Waals surface area (Å²) in [7, 11) is 0. The maximum Gasteiger partial charge on any atom is 0.0528 e. The predicted molar refractivity (Wildman–Crippen MR) is 93.5 cm³/mol. The standard InChI is InChI=1S/C15H24N2S2/c1-14(2,18)10-16-9-12-7-5-6-8-13(12)17-11-15(3,4)19/h5-9,17-19H,10-11H2,1-4H3. The summed E-state index contributed by atoms with van der Waals surface area (Å²) in [6, 6.07) is 8.16. The van der Waals surface area contributed by atoms with Gasteiger partial charge in [0.15, 0.2) is 0 Å². The van der Waals surface area contributed by atoms with E-state index >= 15 is 0 Å². The van der Waals surface area contributed by atoms with E-state index < -0.39 is 0 Å². The lowest BCUT2D eigenvalue weighted by Gasteiger charge is -2.19.